The molecule has 1 unspecified atom stereocenters. The van der Waals surface area contributed by atoms with Crippen molar-refractivity contribution in [2.75, 3.05) is 49.0 Å². The van der Waals surface area contributed by atoms with Gasteiger partial charge in [-0.1, -0.05) is 103 Å². The molecule has 0 aliphatic carbocycles. The first-order chi connectivity index (χ1) is 17.7. The minimum Gasteiger partial charge on any atom is -0.396 e. The summed E-state index contributed by atoms with van der Waals surface area (Å²) in [6.45, 7) is 4.93. The molecular formula is C28H53N5O3. The quantitative estimate of drug-likeness (QED) is 0.138. The number of aliphatic hydroxyl groups is 1. The Balaban J connectivity index is 1.43. The van der Waals surface area contributed by atoms with E-state index < -0.39 is 0 Å². The number of hydrogen-bond donors (Lipinski definition) is 4. The molecule has 5 N–H and O–H groups in total. The molecule has 2 rings (SSSR count). The highest BCUT2D eigenvalue weighted by Crippen LogP contribution is 2.27. The van der Waals surface area contributed by atoms with Crippen LogP contribution in [0.5, 0.6) is 0 Å². The second-order valence-electron chi connectivity index (χ2n) is 10.5. The highest BCUT2D eigenvalue weighted by Gasteiger charge is 2.26. The Labute approximate surface area is 218 Å². The number of anilines is 3. The summed E-state index contributed by atoms with van der Waals surface area (Å²) in [5.74, 6) is 0.869. The molecule has 0 saturated heterocycles. The number of aromatic amines is 1. The molecule has 0 spiro atoms. The van der Waals surface area contributed by atoms with E-state index in [1.54, 1.807) is 0 Å². The van der Waals surface area contributed by atoms with Gasteiger partial charge >= 0.3 is 0 Å². The zero-order valence-electron chi connectivity index (χ0n) is 22.9. The molecule has 8 heteroatoms. The van der Waals surface area contributed by atoms with Crippen molar-refractivity contribution in [1.82, 2.24) is 9.97 Å². The normalized spacial score (nSPS) is 13.7. The molecule has 36 heavy (non-hydrogen) atoms. The molecule has 1 aromatic rings. The summed E-state index contributed by atoms with van der Waals surface area (Å²) >= 11 is 0. The Bertz CT molecular complexity index is 742. The number of ether oxygens (including phenoxy) is 1. The number of nitrogens with zero attached hydrogens (tertiary/aromatic N) is 2. The zero-order chi connectivity index (χ0) is 25.8. The number of aliphatic hydroxyl groups excluding tert-OH is 1. The molecule has 0 radical (unpaired) electrons. The Kier molecular flexibility index (Phi) is 16.3. The van der Waals surface area contributed by atoms with Crippen LogP contribution in [0.3, 0.4) is 0 Å². The van der Waals surface area contributed by atoms with E-state index in [4.69, 9.17) is 10.5 Å². The number of nitrogens with two attached hydrogens (primary N) is 1. The summed E-state index contributed by atoms with van der Waals surface area (Å²) in [4.78, 5) is 20.8. The van der Waals surface area contributed by atoms with Gasteiger partial charge in [0.25, 0.3) is 5.56 Å². The third kappa shape index (κ3) is 12.4. The number of fused-ring (bicyclic) bond motifs is 1. The molecule has 2 heterocycles. The third-order valence-corrected chi connectivity index (χ3v) is 7.18. The molecule has 0 amide bonds. The maximum atomic E-state index is 12.0. The van der Waals surface area contributed by atoms with Crippen molar-refractivity contribution >= 4 is 17.5 Å². The number of nitrogens with one attached hydrogen (secondary N) is 2. The number of aromatic nitrogens is 2. The number of nitrogen functional groups attached to an aromatic ring is 1. The van der Waals surface area contributed by atoms with E-state index >= 15 is 0 Å². The number of hydrogen-bond acceptors (Lipinski definition) is 7. The molecular weight excluding hydrogens is 454 g/mol. The van der Waals surface area contributed by atoms with Crippen molar-refractivity contribution in [2.24, 2.45) is 5.92 Å². The van der Waals surface area contributed by atoms with Crippen LogP contribution in [0, 0.1) is 5.92 Å². The summed E-state index contributed by atoms with van der Waals surface area (Å²) in [5, 5.41) is 12.5. The van der Waals surface area contributed by atoms with E-state index in [0.717, 1.165) is 13.0 Å². The predicted octanol–water partition coefficient (Wildman–Crippen LogP) is 5.82. The molecule has 1 atom stereocenters. The van der Waals surface area contributed by atoms with E-state index in [2.05, 4.69) is 22.2 Å². The standard InChI is InChI=1S/C28H53N5O3/c1-2-3-4-5-6-7-8-9-10-11-12-13-14-15-16-17-20-36-22-24(18-19-34)21-33-23-30-25-26(33)31-28(29)32-27(25)35/h24,30,34H,2-23H2,1H3,(H3,29,31,32,35). The Morgan fingerprint density at radius 1 is 0.944 bits per heavy atom. The summed E-state index contributed by atoms with van der Waals surface area (Å²) in [5.41, 5.74) is 5.92. The third-order valence-electron chi connectivity index (χ3n) is 7.18. The second kappa shape index (κ2) is 19.3. The zero-order valence-corrected chi connectivity index (χ0v) is 22.9. The van der Waals surface area contributed by atoms with Crippen molar-refractivity contribution in [1.29, 1.82) is 0 Å². The topological polar surface area (TPSA) is 116 Å². The van der Waals surface area contributed by atoms with Gasteiger partial charge < -0.3 is 25.8 Å². The Hall–Kier alpha value is -1.80. The average Bonchev–Trinajstić information content (AvgIpc) is 3.26. The smallest absolute Gasteiger partial charge is 0.277 e. The molecule has 0 fully saturated rings. The molecule has 0 aromatic carbocycles. The maximum Gasteiger partial charge on any atom is 0.277 e. The minimum absolute atomic E-state index is 0.117. The largest absolute Gasteiger partial charge is 0.396 e. The van der Waals surface area contributed by atoms with Crippen LogP contribution >= 0.6 is 0 Å². The van der Waals surface area contributed by atoms with Gasteiger partial charge in [0.1, 0.15) is 5.69 Å². The number of H-pyrrole nitrogens is 1. The number of rotatable bonds is 23. The summed E-state index contributed by atoms with van der Waals surface area (Å²) in [6, 6.07) is 0. The van der Waals surface area contributed by atoms with Crippen molar-refractivity contribution < 1.29 is 9.84 Å². The molecule has 1 aliphatic heterocycles. The van der Waals surface area contributed by atoms with Crippen LogP contribution in [0.2, 0.25) is 0 Å². The molecule has 8 nitrogen and oxygen atoms in total. The molecule has 0 saturated carbocycles. The minimum atomic E-state index is -0.251. The van der Waals surface area contributed by atoms with Gasteiger partial charge in [-0.05, 0) is 12.8 Å². The van der Waals surface area contributed by atoms with E-state index in [1.807, 2.05) is 4.90 Å². The van der Waals surface area contributed by atoms with Crippen LogP contribution in [-0.4, -0.2) is 48.1 Å². The first kappa shape index (κ1) is 30.4. The number of unbranched alkanes of at least 4 members (excludes halogenated alkanes) is 15. The fourth-order valence-electron chi connectivity index (χ4n) is 4.99. The highest BCUT2D eigenvalue weighted by atomic mass is 16.5. The van der Waals surface area contributed by atoms with Crippen LogP contribution in [0.4, 0.5) is 17.5 Å². The monoisotopic (exact) mass is 507 g/mol. The lowest BCUT2D eigenvalue weighted by molar-refractivity contribution is 0.0873. The maximum absolute atomic E-state index is 12.0. The average molecular weight is 508 g/mol. The van der Waals surface area contributed by atoms with Gasteiger partial charge in [-0.2, -0.15) is 4.98 Å². The van der Waals surface area contributed by atoms with Crippen molar-refractivity contribution in [3.63, 3.8) is 0 Å². The Morgan fingerprint density at radius 3 is 2.06 bits per heavy atom. The first-order valence-corrected chi connectivity index (χ1v) is 14.7. The van der Waals surface area contributed by atoms with Crippen LogP contribution in [0.25, 0.3) is 0 Å². The lowest BCUT2D eigenvalue weighted by Crippen LogP contribution is -2.32. The lowest BCUT2D eigenvalue weighted by Gasteiger charge is -2.24. The van der Waals surface area contributed by atoms with Crippen molar-refractivity contribution in [2.45, 2.75) is 116 Å². The SMILES string of the molecule is CCCCCCCCCCCCCCCCCCOCC(CCO)CN1CNc2c1nc(N)[nH]c2=O. The van der Waals surface area contributed by atoms with Crippen LogP contribution in [0.15, 0.2) is 4.79 Å². The van der Waals surface area contributed by atoms with E-state index in [9.17, 15) is 9.90 Å². The summed E-state index contributed by atoms with van der Waals surface area (Å²) in [6.07, 6.45) is 22.5. The fourth-order valence-corrected chi connectivity index (χ4v) is 4.99. The summed E-state index contributed by atoms with van der Waals surface area (Å²) < 4.78 is 5.94. The molecule has 1 aliphatic rings. The van der Waals surface area contributed by atoms with Crippen molar-refractivity contribution in [3.8, 4) is 0 Å². The molecule has 1 aromatic heterocycles. The Morgan fingerprint density at radius 2 is 1.50 bits per heavy atom. The predicted molar refractivity (Wildman–Crippen MR) is 151 cm³/mol. The van der Waals surface area contributed by atoms with E-state index in [-0.39, 0.29) is 24.0 Å². The molecule has 0 bridgehead atoms. The highest BCUT2D eigenvalue weighted by molar-refractivity contribution is 5.70. The van der Waals surface area contributed by atoms with E-state index in [1.165, 1.54) is 96.3 Å². The van der Waals surface area contributed by atoms with Gasteiger partial charge in [-0.15, -0.1) is 0 Å². The van der Waals surface area contributed by atoms with Gasteiger partial charge in [0.05, 0.1) is 13.3 Å². The second-order valence-corrected chi connectivity index (χ2v) is 10.5. The van der Waals surface area contributed by atoms with Crippen molar-refractivity contribution in [3.05, 3.63) is 10.4 Å². The van der Waals surface area contributed by atoms with E-state index in [0.29, 0.717) is 37.7 Å². The van der Waals surface area contributed by atoms with Crippen LogP contribution < -0.4 is 21.5 Å². The van der Waals surface area contributed by atoms with Gasteiger partial charge in [0.2, 0.25) is 5.95 Å². The van der Waals surface area contributed by atoms with Gasteiger partial charge in [-0.25, -0.2) is 0 Å². The lowest BCUT2D eigenvalue weighted by atomic mass is 10.0. The van der Waals surface area contributed by atoms with Gasteiger partial charge in [0, 0.05) is 25.7 Å². The van der Waals surface area contributed by atoms with Crippen LogP contribution in [0.1, 0.15) is 116 Å². The molecule has 208 valence electrons. The van der Waals surface area contributed by atoms with Crippen LogP contribution in [-0.2, 0) is 4.74 Å². The first-order valence-electron chi connectivity index (χ1n) is 14.7. The van der Waals surface area contributed by atoms with Gasteiger partial charge in [-0.3, -0.25) is 9.78 Å². The van der Waals surface area contributed by atoms with Gasteiger partial charge in [0.15, 0.2) is 5.82 Å². The summed E-state index contributed by atoms with van der Waals surface area (Å²) in [7, 11) is 0. The fraction of sp³-hybridized carbons (Fsp3) is 0.857.